The van der Waals surface area contributed by atoms with Crippen molar-refractivity contribution < 1.29 is 4.42 Å². The fourth-order valence-electron chi connectivity index (χ4n) is 5.16. The molecule has 0 unspecified atom stereocenters. The number of anilines is 2. The number of para-hydroxylation sites is 1. The highest BCUT2D eigenvalue weighted by molar-refractivity contribution is 5.92. The predicted octanol–water partition coefficient (Wildman–Crippen LogP) is 6.30. The summed E-state index contributed by atoms with van der Waals surface area (Å²) < 4.78 is 5.43. The lowest BCUT2D eigenvalue weighted by Crippen LogP contribution is -2.14. The molecule has 2 aliphatic heterocycles. The number of hydrogen-bond donors (Lipinski definition) is 2. The number of rotatable bonds is 7. The van der Waals surface area contributed by atoms with Crippen molar-refractivity contribution in [2.75, 3.05) is 23.7 Å². The molecule has 0 fully saturated rings. The van der Waals surface area contributed by atoms with Gasteiger partial charge in [-0.05, 0) is 84.3 Å². The molecule has 0 saturated carbocycles. The number of hydrogen-bond acceptors (Lipinski definition) is 6. The van der Waals surface area contributed by atoms with Crippen molar-refractivity contribution in [2.24, 2.45) is 9.98 Å². The largest absolute Gasteiger partial charge is 0.467 e. The zero-order chi connectivity index (χ0) is 24.9. The Morgan fingerprint density at radius 3 is 2.46 bits per heavy atom. The first-order chi connectivity index (χ1) is 18.3. The van der Waals surface area contributed by atoms with Crippen molar-refractivity contribution in [1.82, 2.24) is 4.98 Å². The molecule has 4 heterocycles. The van der Waals surface area contributed by atoms with E-state index in [-0.39, 0.29) is 0 Å². The van der Waals surface area contributed by atoms with E-state index in [0.717, 1.165) is 60.5 Å². The minimum atomic E-state index is 0.531. The van der Waals surface area contributed by atoms with Crippen molar-refractivity contribution in [3.8, 4) is 11.1 Å². The molecular formula is C31H31N5O. The van der Waals surface area contributed by atoms with E-state index >= 15 is 0 Å². The number of nitrogens with zero attached hydrogens (tertiary/aromatic N) is 3. The molecule has 2 aliphatic rings. The quantitative estimate of drug-likeness (QED) is 0.299. The molecule has 6 nitrogen and oxygen atoms in total. The minimum absolute atomic E-state index is 0.531. The second-order valence-corrected chi connectivity index (χ2v) is 9.60. The van der Waals surface area contributed by atoms with E-state index < -0.39 is 0 Å². The lowest BCUT2D eigenvalue weighted by Gasteiger charge is -2.21. The Labute approximate surface area is 217 Å². The normalized spacial score (nSPS) is 14.8. The molecule has 0 atom stereocenters. The Bertz CT molecular complexity index is 1440. The third-order valence-electron chi connectivity index (χ3n) is 6.97. The summed E-state index contributed by atoms with van der Waals surface area (Å²) in [5.41, 5.74) is 10.7. The molecule has 2 aromatic carbocycles. The van der Waals surface area contributed by atoms with Gasteiger partial charge in [0.2, 0.25) is 0 Å². The van der Waals surface area contributed by atoms with Gasteiger partial charge in [0.25, 0.3) is 0 Å². The summed E-state index contributed by atoms with van der Waals surface area (Å²) in [4.78, 5) is 14.0. The molecule has 2 aromatic heterocycles. The van der Waals surface area contributed by atoms with Crippen molar-refractivity contribution in [3.05, 3.63) is 101 Å². The van der Waals surface area contributed by atoms with Crippen molar-refractivity contribution in [3.63, 3.8) is 0 Å². The van der Waals surface area contributed by atoms with Gasteiger partial charge in [-0.25, -0.2) is 0 Å². The molecule has 2 N–H and O–H groups in total. The maximum absolute atomic E-state index is 5.43. The molecule has 0 amide bonds. The molecular weight excluding hydrogens is 458 g/mol. The van der Waals surface area contributed by atoms with Gasteiger partial charge in [0.15, 0.2) is 0 Å². The Morgan fingerprint density at radius 1 is 0.784 bits per heavy atom. The second-order valence-electron chi connectivity index (χ2n) is 9.60. The van der Waals surface area contributed by atoms with Crippen LogP contribution in [0.4, 0.5) is 11.4 Å². The van der Waals surface area contributed by atoms with Crippen LogP contribution in [0.15, 0.2) is 81.5 Å². The lowest BCUT2D eigenvalue weighted by atomic mass is 9.94. The van der Waals surface area contributed by atoms with Crippen LogP contribution < -0.4 is 10.6 Å². The van der Waals surface area contributed by atoms with Crippen LogP contribution in [0.1, 0.15) is 46.5 Å². The summed E-state index contributed by atoms with van der Waals surface area (Å²) in [5, 5.41) is 7.11. The highest BCUT2D eigenvalue weighted by atomic mass is 16.3. The molecule has 186 valence electrons. The Hall–Kier alpha value is -4.19. The number of aliphatic imine (C=N–C) groups is 2. The topological polar surface area (TPSA) is 74.8 Å². The predicted molar refractivity (Wildman–Crippen MR) is 151 cm³/mol. The van der Waals surface area contributed by atoms with E-state index in [1.54, 1.807) is 6.26 Å². The third-order valence-corrected chi connectivity index (χ3v) is 6.97. The first-order valence-corrected chi connectivity index (χ1v) is 13.1. The van der Waals surface area contributed by atoms with Crippen LogP contribution in [-0.4, -0.2) is 30.5 Å². The fraction of sp³-hybridized carbons (Fsp3) is 0.258. The van der Waals surface area contributed by atoms with Gasteiger partial charge in [-0.2, -0.15) is 0 Å². The van der Waals surface area contributed by atoms with Gasteiger partial charge < -0.3 is 15.1 Å². The van der Waals surface area contributed by atoms with E-state index in [9.17, 15) is 0 Å². The van der Waals surface area contributed by atoms with Gasteiger partial charge in [0.1, 0.15) is 5.76 Å². The average molecular weight is 490 g/mol. The van der Waals surface area contributed by atoms with Gasteiger partial charge in [-0.1, -0.05) is 18.2 Å². The number of furan rings is 1. The van der Waals surface area contributed by atoms with Gasteiger partial charge in [0, 0.05) is 54.2 Å². The van der Waals surface area contributed by atoms with Crippen LogP contribution >= 0.6 is 0 Å². The molecule has 0 spiro atoms. The van der Waals surface area contributed by atoms with Crippen LogP contribution in [0.5, 0.6) is 0 Å². The molecule has 0 aliphatic carbocycles. The summed E-state index contributed by atoms with van der Waals surface area (Å²) in [6.45, 7) is 3.08. The Kier molecular flexibility index (Phi) is 6.80. The summed E-state index contributed by atoms with van der Waals surface area (Å²) in [7, 11) is 0. The standard InChI is InChI=1S/C31H31N5O/c1-5-22-7-2-11-35-30(22)25(6-1)18-32-20-28-17-23(10-13-34-28)26-15-24-8-3-12-36-31(24)27(16-26)19-33-21-29-9-4-14-37-29/h1,4-6,9-10,13-19,35-36H,2-3,7-8,11-12,20-21H2. The SMILES string of the molecule is C(=NCc1cc(-c2cc(C=NCc3ccco3)c3c(c2)CCCN3)ccn1)c1cccc2c1NCCC2. The minimum Gasteiger partial charge on any atom is -0.467 e. The smallest absolute Gasteiger partial charge is 0.125 e. The van der Waals surface area contributed by atoms with E-state index in [4.69, 9.17) is 9.41 Å². The van der Waals surface area contributed by atoms with E-state index in [0.29, 0.717) is 13.1 Å². The van der Waals surface area contributed by atoms with Gasteiger partial charge >= 0.3 is 0 Å². The third kappa shape index (κ3) is 5.33. The van der Waals surface area contributed by atoms with Crippen molar-refractivity contribution in [2.45, 2.75) is 38.8 Å². The zero-order valence-electron chi connectivity index (χ0n) is 20.9. The zero-order valence-corrected chi connectivity index (χ0v) is 20.9. The van der Waals surface area contributed by atoms with E-state index in [2.05, 4.69) is 63.1 Å². The molecule has 0 radical (unpaired) electrons. The molecule has 4 aromatic rings. The molecule has 6 rings (SSSR count). The van der Waals surface area contributed by atoms with Gasteiger partial charge in [0.05, 0.1) is 25.0 Å². The lowest BCUT2D eigenvalue weighted by molar-refractivity contribution is 0.513. The summed E-state index contributed by atoms with van der Waals surface area (Å²) in [6, 6.07) is 19.0. The fourth-order valence-corrected chi connectivity index (χ4v) is 5.16. The average Bonchev–Trinajstić information content (AvgIpc) is 3.47. The number of nitrogens with one attached hydrogen (secondary N) is 2. The first-order valence-electron chi connectivity index (χ1n) is 13.1. The Morgan fingerprint density at radius 2 is 1.59 bits per heavy atom. The maximum Gasteiger partial charge on any atom is 0.125 e. The summed E-state index contributed by atoms with van der Waals surface area (Å²) >= 11 is 0. The number of aryl methyl sites for hydroxylation is 2. The van der Waals surface area contributed by atoms with Crippen LogP contribution in [0, 0.1) is 0 Å². The number of benzene rings is 2. The summed E-state index contributed by atoms with van der Waals surface area (Å²) in [6.07, 6.45) is 12.0. The highest BCUT2D eigenvalue weighted by Gasteiger charge is 2.15. The molecule has 0 bridgehead atoms. The van der Waals surface area contributed by atoms with Crippen LogP contribution in [0.3, 0.4) is 0 Å². The number of pyridine rings is 1. The van der Waals surface area contributed by atoms with E-state index in [1.807, 2.05) is 30.8 Å². The number of fused-ring (bicyclic) bond motifs is 2. The first kappa shape index (κ1) is 23.2. The van der Waals surface area contributed by atoms with Gasteiger partial charge in [-0.15, -0.1) is 0 Å². The van der Waals surface area contributed by atoms with Crippen LogP contribution in [0.2, 0.25) is 0 Å². The summed E-state index contributed by atoms with van der Waals surface area (Å²) in [5.74, 6) is 0.861. The Balaban J connectivity index is 1.23. The van der Waals surface area contributed by atoms with Crippen LogP contribution in [0.25, 0.3) is 11.1 Å². The van der Waals surface area contributed by atoms with Crippen molar-refractivity contribution >= 4 is 23.8 Å². The van der Waals surface area contributed by atoms with E-state index in [1.165, 1.54) is 34.5 Å². The second kappa shape index (κ2) is 10.8. The molecule has 37 heavy (non-hydrogen) atoms. The maximum atomic E-state index is 5.43. The molecule has 6 heteroatoms. The van der Waals surface area contributed by atoms with Crippen LogP contribution in [-0.2, 0) is 25.9 Å². The monoisotopic (exact) mass is 489 g/mol. The molecule has 0 saturated heterocycles. The van der Waals surface area contributed by atoms with Crippen molar-refractivity contribution in [1.29, 1.82) is 0 Å². The number of aromatic nitrogens is 1. The highest BCUT2D eigenvalue weighted by Crippen LogP contribution is 2.32. The van der Waals surface area contributed by atoms with Gasteiger partial charge in [-0.3, -0.25) is 15.0 Å².